The Bertz CT molecular complexity index is 536. The number of piperidine rings is 1. The molecule has 0 unspecified atom stereocenters. The smallest absolute Gasteiger partial charge is 0.223 e. The topological polar surface area (TPSA) is 57.6 Å². The number of rotatable bonds is 6. The standard InChI is InChI=1S/C19H27NO3/c1-3-19(14-21)10-12-20(13-11-19)18(23)9-8-17(22)16-6-4-15(2)5-7-16/h4-7,21H,3,8-14H2,1-2H3. The minimum absolute atomic E-state index is 0.0193. The lowest BCUT2D eigenvalue weighted by Crippen LogP contribution is -2.44. The Morgan fingerprint density at radius 2 is 1.74 bits per heavy atom. The first-order chi connectivity index (χ1) is 11.0. The number of hydrogen-bond acceptors (Lipinski definition) is 3. The van der Waals surface area contributed by atoms with Crippen molar-refractivity contribution in [1.29, 1.82) is 0 Å². The lowest BCUT2D eigenvalue weighted by Gasteiger charge is -2.40. The number of aliphatic hydroxyl groups is 1. The minimum Gasteiger partial charge on any atom is -0.396 e. The predicted octanol–water partition coefficient (Wildman–Crippen LogP) is 2.97. The van der Waals surface area contributed by atoms with Gasteiger partial charge in [0.25, 0.3) is 0 Å². The van der Waals surface area contributed by atoms with Gasteiger partial charge >= 0.3 is 0 Å². The Morgan fingerprint density at radius 1 is 1.13 bits per heavy atom. The zero-order valence-corrected chi connectivity index (χ0v) is 14.2. The van der Waals surface area contributed by atoms with Crippen LogP contribution in [0.1, 0.15) is 54.9 Å². The van der Waals surface area contributed by atoms with Gasteiger partial charge in [0.05, 0.1) is 0 Å². The van der Waals surface area contributed by atoms with E-state index >= 15 is 0 Å². The van der Waals surface area contributed by atoms with Gasteiger partial charge in [-0.3, -0.25) is 9.59 Å². The van der Waals surface area contributed by atoms with Gasteiger partial charge in [-0.25, -0.2) is 0 Å². The average molecular weight is 317 g/mol. The SMILES string of the molecule is CCC1(CO)CCN(C(=O)CCC(=O)c2ccc(C)cc2)CC1. The molecule has 4 heteroatoms. The van der Waals surface area contributed by atoms with Gasteiger partial charge < -0.3 is 10.0 Å². The van der Waals surface area contributed by atoms with Crippen LogP contribution in [0.3, 0.4) is 0 Å². The lowest BCUT2D eigenvalue weighted by atomic mass is 9.77. The zero-order chi connectivity index (χ0) is 16.9. The highest BCUT2D eigenvalue weighted by atomic mass is 16.3. The maximum atomic E-state index is 12.3. The number of aliphatic hydroxyl groups excluding tert-OH is 1. The van der Waals surface area contributed by atoms with Crippen molar-refractivity contribution in [3.63, 3.8) is 0 Å². The summed E-state index contributed by atoms with van der Waals surface area (Å²) in [5, 5.41) is 9.54. The summed E-state index contributed by atoms with van der Waals surface area (Å²) < 4.78 is 0. The van der Waals surface area contributed by atoms with Crippen molar-refractivity contribution in [3.05, 3.63) is 35.4 Å². The van der Waals surface area contributed by atoms with Crippen molar-refractivity contribution < 1.29 is 14.7 Å². The van der Waals surface area contributed by atoms with E-state index in [0.717, 1.165) is 24.8 Å². The number of carbonyl (C=O) groups is 2. The molecule has 0 aliphatic carbocycles. The van der Waals surface area contributed by atoms with Crippen LogP contribution in [-0.4, -0.2) is 41.4 Å². The molecule has 1 aromatic rings. The maximum absolute atomic E-state index is 12.3. The van der Waals surface area contributed by atoms with Gasteiger partial charge in [-0.15, -0.1) is 0 Å². The summed E-state index contributed by atoms with van der Waals surface area (Å²) in [4.78, 5) is 26.3. The first-order valence-corrected chi connectivity index (χ1v) is 8.48. The quantitative estimate of drug-likeness (QED) is 0.821. The molecule has 0 saturated carbocycles. The molecular formula is C19H27NO3. The Kier molecular flexibility index (Phi) is 5.94. The van der Waals surface area contributed by atoms with Crippen LogP contribution < -0.4 is 0 Å². The summed E-state index contributed by atoms with van der Waals surface area (Å²) in [6.07, 6.45) is 3.16. The normalized spacial score (nSPS) is 17.1. The third-order valence-corrected chi connectivity index (χ3v) is 5.20. The van der Waals surface area contributed by atoms with Gasteiger partial charge in [0, 0.05) is 38.1 Å². The number of nitrogens with zero attached hydrogens (tertiary/aromatic N) is 1. The maximum Gasteiger partial charge on any atom is 0.223 e. The molecule has 126 valence electrons. The molecule has 2 rings (SSSR count). The van der Waals surface area contributed by atoms with E-state index in [1.807, 2.05) is 36.1 Å². The first kappa shape index (κ1) is 17.7. The van der Waals surface area contributed by atoms with Crippen molar-refractivity contribution in [2.75, 3.05) is 19.7 Å². The predicted molar refractivity (Wildman–Crippen MR) is 90.4 cm³/mol. The van der Waals surface area contributed by atoms with Crippen LogP contribution in [0.5, 0.6) is 0 Å². The van der Waals surface area contributed by atoms with Crippen LogP contribution in [-0.2, 0) is 4.79 Å². The fourth-order valence-electron chi connectivity index (χ4n) is 3.12. The van der Waals surface area contributed by atoms with Crippen LogP contribution >= 0.6 is 0 Å². The van der Waals surface area contributed by atoms with E-state index in [4.69, 9.17) is 0 Å². The molecule has 1 aromatic carbocycles. The molecule has 0 atom stereocenters. The number of benzene rings is 1. The van der Waals surface area contributed by atoms with E-state index in [1.54, 1.807) is 0 Å². The number of amides is 1. The number of aryl methyl sites for hydroxylation is 1. The van der Waals surface area contributed by atoms with Gasteiger partial charge in [-0.2, -0.15) is 0 Å². The minimum atomic E-state index is -0.0193. The fraction of sp³-hybridized carbons (Fsp3) is 0.579. The first-order valence-electron chi connectivity index (χ1n) is 8.48. The molecule has 1 heterocycles. The second-order valence-corrected chi connectivity index (χ2v) is 6.68. The molecule has 1 aliphatic rings. The molecule has 23 heavy (non-hydrogen) atoms. The van der Waals surface area contributed by atoms with E-state index in [2.05, 4.69) is 6.92 Å². The molecule has 1 saturated heterocycles. The summed E-state index contributed by atoms with van der Waals surface area (Å²) in [5.41, 5.74) is 1.77. The molecule has 4 nitrogen and oxygen atoms in total. The van der Waals surface area contributed by atoms with Crippen LogP contribution in [0, 0.1) is 12.3 Å². The summed E-state index contributed by atoms with van der Waals surface area (Å²) >= 11 is 0. The van der Waals surface area contributed by atoms with Gasteiger partial charge in [-0.05, 0) is 31.6 Å². The number of likely N-dealkylation sites (tertiary alicyclic amines) is 1. The van der Waals surface area contributed by atoms with E-state index in [9.17, 15) is 14.7 Å². The highest BCUT2D eigenvalue weighted by Gasteiger charge is 2.33. The van der Waals surface area contributed by atoms with Crippen LogP contribution in [0.15, 0.2) is 24.3 Å². The van der Waals surface area contributed by atoms with E-state index < -0.39 is 0 Å². The molecule has 1 N–H and O–H groups in total. The van der Waals surface area contributed by atoms with Gasteiger partial charge in [0.1, 0.15) is 0 Å². The second-order valence-electron chi connectivity index (χ2n) is 6.68. The van der Waals surface area contributed by atoms with E-state index in [-0.39, 0.29) is 36.6 Å². The molecule has 1 fully saturated rings. The number of Topliss-reactive ketones (excluding diaryl/α,β-unsaturated/α-hetero) is 1. The van der Waals surface area contributed by atoms with Crippen LogP contribution in [0.4, 0.5) is 0 Å². The highest BCUT2D eigenvalue weighted by Crippen LogP contribution is 2.34. The summed E-state index contributed by atoms with van der Waals surface area (Å²) in [6.45, 7) is 5.64. The van der Waals surface area contributed by atoms with Crippen molar-refractivity contribution in [1.82, 2.24) is 4.90 Å². The molecule has 0 radical (unpaired) electrons. The van der Waals surface area contributed by atoms with Gasteiger partial charge in [0.15, 0.2) is 5.78 Å². The Labute approximate surface area is 138 Å². The van der Waals surface area contributed by atoms with Crippen LogP contribution in [0.25, 0.3) is 0 Å². The van der Waals surface area contributed by atoms with Crippen molar-refractivity contribution in [2.24, 2.45) is 5.41 Å². The third-order valence-electron chi connectivity index (χ3n) is 5.20. The summed E-state index contributed by atoms with van der Waals surface area (Å²) in [7, 11) is 0. The zero-order valence-electron chi connectivity index (χ0n) is 14.2. The Balaban J connectivity index is 1.81. The second kappa shape index (κ2) is 7.73. The molecule has 1 amide bonds. The monoisotopic (exact) mass is 317 g/mol. The number of hydrogen-bond donors (Lipinski definition) is 1. The molecule has 0 spiro atoms. The fourth-order valence-corrected chi connectivity index (χ4v) is 3.12. The van der Waals surface area contributed by atoms with E-state index in [0.29, 0.717) is 18.7 Å². The number of carbonyl (C=O) groups excluding carboxylic acids is 2. The molecular weight excluding hydrogens is 290 g/mol. The highest BCUT2D eigenvalue weighted by molar-refractivity contribution is 5.97. The largest absolute Gasteiger partial charge is 0.396 e. The van der Waals surface area contributed by atoms with Crippen molar-refractivity contribution >= 4 is 11.7 Å². The molecule has 0 aromatic heterocycles. The Morgan fingerprint density at radius 3 is 2.26 bits per heavy atom. The summed E-state index contributed by atoms with van der Waals surface area (Å²) in [6, 6.07) is 7.47. The van der Waals surface area contributed by atoms with E-state index in [1.165, 1.54) is 0 Å². The van der Waals surface area contributed by atoms with Crippen molar-refractivity contribution in [2.45, 2.75) is 46.0 Å². The lowest BCUT2D eigenvalue weighted by molar-refractivity contribution is -0.134. The van der Waals surface area contributed by atoms with Gasteiger partial charge in [-0.1, -0.05) is 36.8 Å². The van der Waals surface area contributed by atoms with Crippen LogP contribution in [0.2, 0.25) is 0 Å². The molecule has 0 bridgehead atoms. The number of ketones is 1. The third kappa shape index (κ3) is 4.41. The van der Waals surface area contributed by atoms with Gasteiger partial charge in [0.2, 0.25) is 5.91 Å². The Hall–Kier alpha value is -1.68. The summed E-state index contributed by atoms with van der Waals surface area (Å²) in [5.74, 6) is 0.0710. The van der Waals surface area contributed by atoms with Crippen molar-refractivity contribution in [3.8, 4) is 0 Å². The average Bonchev–Trinajstić information content (AvgIpc) is 2.60. The molecule has 1 aliphatic heterocycles.